The van der Waals surface area contributed by atoms with Crippen LogP contribution in [0.2, 0.25) is 0 Å². The Morgan fingerprint density at radius 2 is 1.96 bits per heavy atom. The maximum absolute atomic E-state index is 12.1. The summed E-state index contributed by atoms with van der Waals surface area (Å²) < 4.78 is 16.2. The molecule has 0 spiro atoms. The minimum absolute atomic E-state index is 0.217. The summed E-state index contributed by atoms with van der Waals surface area (Å²) in [5, 5.41) is 0. The molecule has 0 radical (unpaired) electrons. The van der Waals surface area contributed by atoms with Crippen molar-refractivity contribution < 1.29 is 19.0 Å². The van der Waals surface area contributed by atoms with E-state index < -0.39 is 0 Å². The second-order valence-corrected chi connectivity index (χ2v) is 7.33. The number of nitrogens with zero attached hydrogens (tertiary/aromatic N) is 1. The molecule has 1 saturated heterocycles. The summed E-state index contributed by atoms with van der Waals surface area (Å²) in [6, 6.07) is 4.51. The van der Waals surface area contributed by atoms with Crippen LogP contribution in [-0.2, 0) is 16.0 Å². The van der Waals surface area contributed by atoms with Gasteiger partial charge in [0.25, 0.3) is 0 Å². The number of carbonyl (C=O) groups excluding carboxylic acids is 1. The molecule has 0 N–H and O–H groups in total. The molecule has 148 valence electrons. The van der Waals surface area contributed by atoms with Gasteiger partial charge in [0.2, 0.25) is 0 Å². The summed E-state index contributed by atoms with van der Waals surface area (Å²) >= 11 is 0. The fourth-order valence-electron chi connectivity index (χ4n) is 4.47. The van der Waals surface area contributed by atoms with Crippen molar-refractivity contribution in [2.45, 2.75) is 45.6 Å². The zero-order valence-corrected chi connectivity index (χ0v) is 16.9. The smallest absolute Gasteiger partial charge is 0.330 e. The van der Waals surface area contributed by atoms with Crippen molar-refractivity contribution in [2.75, 3.05) is 33.9 Å². The first-order valence-electron chi connectivity index (χ1n) is 9.97. The highest BCUT2D eigenvalue weighted by atomic mass is 16.5. The third-order valence-corrected chi connectivity index (χ3v) is 5.75. The molecule has 5 heteroatoms. The number of ether oxygens (including phenoxy) is 3. The van der Waals surface area contributed by atoms with Crippen molar-refractivity contribution in [2.24, 2.45) is 5.92 Å². The Kier molecular flexibility index (Phi) is 6.42. The first-order valence-corrected chi connectivity index (χ1v) is 9.97. The molecule has 2 atom stereocenters. The van der Waals surface area contributed by atoms with Crippen LogP contribution in [0, 0.1) is 5.92 Å². The topological polar surface area (TPSA) is 48.0 Å². The molecule has 27 heavy (non-hydrogen) atoms. The highest BCUT2D eigenvalue weighted by molar-refractivity contribution is 5.83. The van der Waals surface area contributed by atoms with Crippen LogP contribution in [0.15, 0.2) is 23.8 Å². The van der Waals surface area contributed by atoms with Crippen LogP contribution < -0.4 is 9.47 Å². The molecule has 2 unspecified atom stereocenters. The first-order chi connectivity index (χ1) is 13.1. The van der Waals surface area contributed by atoms with Gasteiger partial charge >= 0.3 is 5.97 Å². The lowest BCUT2D eigenvalue weighted by molar-refractivity contribution is -0.137. The summed E-state index contributed by atoms with van der Waals surface area (Å²) in [5.41, 5.74) is 3.83. The molecule has 1 aromatic carbocycles. The molecule has 2 heterocycles. The van der Waals surface area contributed by atoms with Gasteiger partial charge in [-0.05, 0) is 55.4 Å². The van der Waals surface area contributed by atoms with Crippen LogP contribution >= 0.6 is 0 Å². The monoisotopic (exact) mass is 373 g/mol. The number of carbonyl (C=O) groups is 1. The molecular formula is C22H31NO4. The number of hydrogen-bond acceptors (Lipinski definition) is 5. The Hall–Kier alpha value is -2.01. The second kappa shape index (κ2) is 8.79. The van der Waals surface area contributed by atoms with Gasteiger partial charge in [0.1, 0.15) is 0 Å². The SMILES string of the molecule is CCCC1CN2CCc3cc(OC)c(OC)cc3C2C/C1=C\C(=O)OCC. The summed E-state index contributed by atoms with van der Waals surface area (Å²) in [7, 11) is 3.35. The molecule has 0 amide bonds. The minimum atomic E-state index is -0.217. The van der Waals surface area contributed by atoms with E-state index in [-0.39, 0.29) is 12.0 Å². The van der Waals surface area contributed by atoms with E-state index in [9.17, 15) is 4.79 Å². The van der Waals surface area contributed by atoms with Crippen molar-refractivity contribution >= 4 is 5.97 Å². The van der Waals surface area contributed by atoms with E-state index in [1.54, 1.807) is 20.3 Å². The Balaban J connectivity index is 1.94. The molecule has 0 aliphatic carbocycles. The van der Waals surface area contributed by atoms with Crippen LogP contribution in [0.1, 0.15) is 50.3 Å². The Labute approximate surface area is 162 Å². The van der Waals surface area contributed by atoms with E-state index in [0.717, 1.165) is 50.3 Å². The molecule has 0 saturated carbocycles. The van der Waals surface area contributed by atoms with E-state index in [1.165, 1.54) is 16.7 Å². The van der Waals surface area contributed by atoms with Gasteiger partial charge in [0.05, 0.1) is 20.8 Å². The highest BCUT2D eigenvalue weighted by Gasteiger charge is 2.36. The highest BCUT2D eigenvalue weighted by Crippen LogP contribution is 2.45. The van der Waals surface area contributed by atoms with Crippen LogP contribution in [0.4, 0.5) is 0 Å². The minimum Gasteiger partial charge on any atom is -0.493 e. The van der Waals surface area contributed by atoms with Gasteiger partial charge in [-0.3, -0.25) is 4.90 Å². The van der Waals surface area contributed by atoms with Gasteiger partial charge in [-0.15, -0.1) is 0 Å². The molecule has 3 rings (SSSR count). The number of benzene rings is 1. The number of hydrogen-bond donors (Lipinski definition) is 0. The zero-order valence-electron chi connectivity index (χ0n) is 16.9. The third kappa shape index (κ3) is 4.13. The maximum atomic E-state index is 12.1. The lowest BCUT2D eigenvalue weighted by Gasteiger charge is -2.45. The van der Waals surface area contributed by atoms with E-state index in [4.69, 9.17) is 14.2 Å². The molecule has 1 fully saturated rings. The molecule has 1 aromatic rings. The van der Waals surface area contributed by atoms with Crippen molar-refractivity contribution in [1.82, 2.24) is 4.90 Å². The number of rotatable bonds is 6. The van der Waals surface area contributed by atoms with Gasteiger partial charge in [0.15, 0.2) is 11.5 Å². The summed E-state index contributed by atoms with van der Waals surface area (Å²) in [5.74, 6) is 1.76. The standard InChI is InChI=1S/C22H31NO4/c1-5-7-16-14-23-9-8-15-11-20(25-3)21(26-4)13-18(15)19(23)10-17(16)12-22(24)27-6-2/h11-13,16,19H,5-10,14H2,1-4H3/b17-12+. The molecular weight excluding hydrogens is 342 g/mol. The third-order valence-electron chi connectivity index (χ3n) is 5.75. The lowest BCUT2D eigenvalue weighted by atomic mass is 9.78. The average Bonchev–Trinajstić information content (AvgIpc) is 2.67. The largest absolute Gasteiger partial charge is 0.493 e. The summed E-state index contributed by atoms with van der Waals surface area (Å²) in [4.78, 5) is 14.7. The van der Waals surface area contributed by atoms with E-state index in [0.29, 0.717) is 12.5 Å². The number of piperidine rings is 1. The van der Waals surface area contributed by atoms with E-state index in [2.05, 4.69) is 24.0 Å². The molecule has 2 aliphatic rings. The maximum Gasteiger partial charge on any atom is 0.330 e. The molecule has 2 aliphatic heterocycles. The predicted molar refractivity (Wildman–Crippen MR) is 105 cm³/mol. The van der Waals surface area contributed by atoms with Crippen molar-refractivity contribution in [1.29, 1.82) is 0 Å². The number of fused-ring (bicyclic) bond motifs is 3. The first kappa shape index (κ1) is 19.7. The van der Waals surface area contributed by atoms with Gasteiger partial charge < -0.3 is 14.2 Å². The van der Waals surface area contributed by atoms with Crippen molar-refractivity contribution in [3.8, 4) is 11.5 Å². The molecule has 5 nitrogen and oxygen atoms in total. The Bertz CT molecular complexity index is 713. The number of methoxy groups -OCH3 is 2. The zero-order chi connectivity index (χ0) is 19.4. The van der Waals surface area contributed by atoms with Crippen LogP contribution in [-0.4, -0.2) is 44.8 Å². The van der Waals surface area contributed by atoms with E-state index in [1.807, 2.05) is 6.92 Å². The van der Waals surface area contributed by atoms with Crippen molar-refractivity contribution in [3.63, 3.8) is 0 Å². The van der Waals surface area contributed by atoms with Crippen LogP contribution in [0.3, 0.4) is 0 Å². The Morgan fingerprint density at radius 3 is 2.63 bits per heavy atom. The summed E-state index contributed by atoms with van der Waals surface area (Å²) in [6.07, 6.45) is 5.85. The average molecular weight is 373 g/mol. The second-order valence-electron chi connectivity index (χ2n) is 7.33. The van der Waals surface area contributed by atoms with E-state index >= 15 is 0 Å². The van der Waals surface area contributed by atoms with Crippen LogP contribution in [0.25, 0.3) is 0 Å². The molecule has 0 bridgehead atoms. The van der Waals surface area contributed by atoms with Gasteiger partial charge in [-0.25, -0.2) is 4.79 Å². The predicted octanol–water partition coefficient (Wildman–Crippen LogP) is 3.91. The van der Waals surface area contributed by atoms with Gasteiger partial charge in [0, 0.05) is 25.2 Å². The normalized spacial score (nSPS) is 23.5. The van der Waals surface area contributed by atoms with Gasteiger partial charge in [-0.1, -0.05) is 18.9 Å². The lowest BCUT2D eigenvalue weighted by Crippen LogP contribution is -2.43. The fourth-order valence-corrected chi connectivity index (χ4v) is 4.47. The molecule has 0 aromatic heterocycles. The fraction of sp³-hybridized carbons (Fsp3) is 0.591. The Morgan fingerprint density at radius 1 is 1.22 bits per heavy atom. The quantitative estimate of drug-likeness (QED) is 0.559. The summed E-state index contributed by atoms with van der Waals surface area (Å²) in [6.45, 7) is 6.50. The van der Waals surface area contributed by atoms with Crippen LogP contribution in [0.5, 0.6) is 11.5 Å². The van der Waals surface area contributed by atoms with Crippen molar-refractivity contribution in [3.05, 3.63) is 34.9 Å². The number of esters is 1. The van der Waals surface area contributed by atoms with Gasteiger partial charge in [-0.2, -0.15) is 0 Å².